The standard InChI is InChI=1S/C24H15Br2ClN2O5/c25-18-9-14(10-19(26)21(18)34-12-13-1-3-15(4-2-13)23(31)32)11-20-22(30)29(24(33)28-20)17-7-5-16(27)6-8-17/h1-11H,12H2,(H,28,33)(H,31,32)/b20-11+. The molecule has 0 aliphatic carbocycles. The van der Waals surface area contributed by atoms with Crippen LogP contribution in [0.15, 0.2) is 75.3 Å². The summed E-state index contributed by atoms with van der Waals surface area (Å²) in [6, 6.07) is 15.8. The number of urea groups is 1. The van der Waals surface area contributed by atoms with E-state index in [1.165, 1.54) is 12.1 Å². The van der Waals surface area contributed by atoms with E-state index in [9.17, 15) is 14.4 Å². The first-order chi connectivity index (χ1) is 16.2. The van der Waals surface area contributed by atoms with Crippen LogP contribution in [0.5, 0.6) is 5.75 Å². The number of carbonyl (C=O) groups is 3. The molecule has 0 bridgehead atoms. The van der Waals surface area contributed by atoms with E-state index in [-0.39, 0.29) is 17.9 Å². The normalized spacial score (nSPS) is 14.4. The van der Waals surface area contributed by atoms with Crippen LogP contribution in [-0.2, 0) is 11.4 Å². The fraction of sp³-hybridized carbons (Fsp3) is 0.0417. The number of ether oxygens (including phenoxy) is 1. The monoisotopic (exact) mass is 604 g/mol. The van der Waals surface area contributed by atoms with Gasteiger partial charge in [-0.3, -0.25) is 4.79 Å². The van der Waals surface area contributed by atoms with Crippen LogP contribution in [0.2, 0.25) is 5.02 Å². The number of nitrogens with zero attached hydrogens (tertiary/aromatic N) is 1. The van der Waals surface area contributed by atoms with Gasteiger partial charge in [0.05, 0.1) is 20.2 Å². The highest BCUT2D eigenvalue weighted by atomic mass is 79.9. The van der Waals surface area contributed by atoms with Gasteiger partial charge in [-0.15, -0.1) is 0 Å². The van der Waals surface area contributed by atoms with Crippen LogP contribution < -0.4 is 15.0 Å². The lowest BCUT2D eigenvalue weighted by molar-refractivity contribution is -0.113. The molecule has 0 atom stereocenters. The van der Waals surface area contributed by atoms with Gasteiger partial charge in [0.15, 0.2) is 0 Å². The zero-order chi connectivity index (χ0) is 24.4. The second kappa shape index (κ2) is 10.0. The Labute approximate surface area is 216 Å². The Kier molecular flexibility index (Phi) is 7.06. The lowest BCUT2D eigenvalue weighted by atomic mass is 10.1. The molecule has 34 heavy (non-hydrogen) atoms. The smallest absolute Gasteiger partial charge is 0.335 e. The third-order valence-electron chi connectivity index (χ3n) is 4.88. The second-order valence-corrected chi connectivity index (χ2v) is 9.35. The zero-order valence-corrected chi connectivity index (χ0v) is 21.1. The number of halogens is 3. The average molecular weight is 607 g/mol. The minimum absolute atomic E-state index is 0.130. The number of amides is 3. The van der Waals surface area contributed by atoms with E-state index in [0.29, 0.717) is 31.0 Å². The van der Waals surface area contributed by atoms with E-state index in [1.807, 2.05) is 0 Å². The molecule has 1 aliphatic rings. The Morgan fingerprint density at radius 1 is 1.03 bits per heavy atom. The third-order valence-corrected chi connectivity index (χ3v) is 6.31. The van der Waals surface area contributed by atoms with Gasteiger partial charge in [-0.05, 0) is 97.6 Å². The van der Waals surface area contributed by atoms with Crippen molar-refractivity contribution in [2.45, 2.75) is 6.61 Å². The molecule has 1 heterocycles. The lowest BCUT2D eigenvalue weighted by Crippen LogP contribution is -2.30. The summed E-state index contributed by atoms with van der Waals surface area (Å²) < 4.78 is 7.14. The maximum atomic E-state index is 12.8. The Bertz CT molecular complexity index is 1300. The molecule has 3 amide bonds. The van der Waals surface area contributed by atoms with E-state index in [0.717, 1.165) is 10.5 Å². The quantitative estimate of drug-likeness (QED) is 0.256. The number of carboxylic acid groups (broad SMARTS) is 1. The van der Waals surface area contributed by atoms with Crippen molar-refractivity contribution in [1.29, 1.82) is 0 Å². The maximum Gasteiger partial charge on any atom is 0.335 e. The molecule has 0 radical (unpaired) electrons. The van der Waals surface area contributed by atoms with Crippen LogP contribution >= 0.6 is 43.5 Å². The number of anilines is 1. The number of imide groups is 1. The average Bonchev–Trinajstić information content (AvgIpc) is 3.07. The van der Waals surface area contributed by atoms with Crippen molar-refractivity contribution >= 4 is 73.1 Å². The maximum absolute atomic E-state index is 12.8. The van der Waals surface area contributed by atoms with Gasteiger partial charge >= 0.3 is 12.0 Å². The summed E-state index contributed by atoms with van der Waals surface area (Å²) in [6.07, 6.45) is 1.57. The summed E-state index contributed by atoms with van der Waals surface area (Å²) in [5, 5.41) is 12.1. The van der Waals surface area contributed by atoms with Gasteiger partial charge in [-0.25, -0.2) is 14.5 Å². The summed E-state index contributed by atoms with van der Waals surface area (Å²) >= 11 is 12.8. The summed E-state index contributed by atoms with van der Waals surface area (Å²) in [5.74, 6) is -0.936. The number of benzene rings is 3. The fourth-order valence-corrected chi connectivity index (χ4v) is 4.80. The number of rotatable bonds is 6. The molecule has 0 saturated carbocycles. The number of hydrogen-bond acceptors (Lipinski definition) is 4. The molecule has 10 heteroatoms. The van der Waals surface area contributed by atoms with Crippen LogP contribution in [0.1, 0.15) is 21.5 Å². The van der Waals surface area contributed by atoms with Crippen LogP contribution in [-0.4, -0.2) is 23.0 Å². The Morgan fingerprint density at radius 3 is 2.24 bits per heavy atom. The first kappa shape index (κ1) is 24.0. The molecule has 3 aromatic rings. The molecule has 7 nitrogen and oxygen atoms in total. The molecule has 1 aliphatic heterocycles. The van der Waals surface area contributed by atoms with Crippen molar-refractivity contribution in [3.8, 4) is 5.75 Å². The molecule has 172 valence electrons. The van der Waals surface area contributed by atoms with Crippen LogP contribution in [0.4, 0.5) is 10.5 Å². The van der Waals surface area contributed by atoms with Crippen molar-refractivity contribution in [2.24, 2.45) is 0 Å². The van der Waals surface area contributed by atoms with Crippen LogP contribution in [0.25, 0.3) is 6.08 Å². The molecule has 3 aromatic carbocycles. The van der Waals surface area contributed by atoms with E-state index >= 15 is 0 Å². The summed E-state index contributed by atoms with van der Waals surface area (Å²) in [4.78, 5) is 37.2. The van der Waals surface area contributed by atoms with E-state index in [4.69, 9.17) is 21.4 Å². The predicted molar refractivity (Wildman–Crippen MR) is 135 cm³/mol. The number of carbonyl (C=O) groups excluding carboxylic acids is 2. The summed E-state index contributed by atoms with van der Waals surface area (Å²) in [7, 11) is 0. The Balaban J connectivity index is 1.51. The van der Waals surface area contributed by atoms with Gasteiger partial charge in [0.1, 0.15) is 18.1 Å². The molecular formula is C24H15Br2ClN2O5. The van der Waals surface area contributed by atoms with Gasteiger partial charge in [0.2, 0.25) is 0 Å². The molecular weight excluding hydrogens is 592 g/mol. The molecule has 1 fully saturated rings. The fourth-order valence-electron chi connectivity index (χ4n) is 3.23. The molecule has 2 N–H and O–H groups in total. The van der Waals surface area contributed by atoms with Crippen molar-refractivity contribution in [1.82, 2.24) is 5.32 Å². The summed E-state index contributed by atoms with van der Waals surface area (Å²) in [6.45, 7) is 0.224. The Morgan fingerprint density at radius 2 is 1.65 bits per heavy atom. The van der Waals surface area contributed by atoms with E-state index in [2.05, 4.69) is 37.2 Å². The van der Waals surface area contributed by atoms with Crippen LogP contribution in [0.3, 0.4) is 0 Å². The highest BCUT2D eigenvalue weighted by molar-refractivity contribution is 9.11. The van der Waals surface area contributed by atoms with E-state index < -0.39 is 17.9 Å². The summed E-state index contributed by atoms with van der Waals surface area (Å²) in [5.41, 5.74) is 2.20. The lowest BCUT2D eigenvalue weighted by Gasteiger charge is -2.12. The van der Waals surface area contributed by atoms with Gasteiger partial charge in [0, 0.05) is 5.02 Å². The molecule has 0 spiro atoms. The minimum Gasteiger partial charge on any atom is -0.487 e. The van der Waals surface area contributed by atoms with Crippen molar-refractivity contribution in [3.05, 3.63) is 97.0 Å². The first-order valence-electron chi connectivity index (χ1n) is 9.79. The third kappa shape index (κ3) is 5.16. The van der Waals surface area contributed by atoms with Gasteiger partial charge < -0.3 is 15.2 Å². The molecule has 0 unspecified atom stereocenters. The Hall–Kier alpha value is -3.14. The van der Waals surface area contributed by atoms with Crippen molar-refractivity contribution in [3.63, 3.8) is 0 Å². The largest absolute Gasteiger partial charge is 0.487 e. The highest BCUT2D eigenvalue weighted by Crippen LogP contribution is 2.36. The predicted octanol–water partition coefficient (Wildman–Crippen LogP) is 6.24. The topological polar surface area (TPSA) is 95.9 Å². The van der Waals surface area contributed by atoms with Gasteiger partial charge in [0.25, 0.3) is 5.91 Å². The molecule has 4 rings (SSSR count). The van der Waals surface area contributed by atoms with Gasteiger partial charge in [-0.2, -0.15) is 0 Å². The number of nitrogens with one attached hydrogen (secondary N) is 1. The highest BCUT2D eigenvalue weighted by Gasteiger charge is 2.34. The molecule has 1 saturated heterocycles. The van der Waals surface area contributed by atoms with Crippen molar-refractivity contribution < 1.29 is 24.2 Å². The van der Waals surface area contributed by atoms with Crippen LogP contribution in [0, 0.1) is 0 Å². The van der Waals surface area contributed by atoms with E-state index in [1.54, 1.807) is 54.6 Å². The number of hydrogen-bond donors (Lipinski definition) is 2. The second-order valence-electron chi connectivity index (χ2n) is 7.21. The SMILES string of the molecule is O=C(O)c1ccc(COc2c(Br)cc(/C=C3/NC(=O)N(c4ccc(Cl)cc4)C3=O)cc2Br)cc1. The first-order valence-corrected chi connectivity index (χ1v) is 11.8. The minimum atomic E-state index is -0.990. The molecule has 0 aromatic heterocycles. The van der Waals surface area contributed by atoms with Gasteiger partial charge in [-0.1, -0.05) is 23.7 Å². The van der Waals surface area contributed by atoms with Crippen molar-refractivity contribution in [2.75, 3.05) is 4.90 Å². The number of aromatic carboxylic acids is 1. The zero-order valence-electron chi connectivity index (χ0n) is 17.2. The number of carboxylic acids is 1.